The largest absolute Gasteiger partial charge is 0.373 e. The Morgan fingerprint density at radius 1 is 1.69 bits per heavy atom. The summed E-state index contributed by atoms with van der Waals surface area (Å²) in [6, 6.07) is 0. The van der Waals surface area contributed by atoms with E-state index in [1.165, 1.54) is 19.3 Å². The van der Waals surface area contributed by atoms with Gasteiger partial charge in [-0.2, -0.15) is 0 Å². The Hall–Kier alpha value is -0.790. The van der Waals surface area contributed by atoms with Crippen LogP contribution in [0.25, 0.3) is 0 Å². The van der Waals surface area contributed by atoms with Crippen LogP contribution in [-0.4, -0.2) is 18.6 Å². The summed E-state index contributed by atoms with van der Waals surface area (Å²) in [5.74, 6) is 4.28. The molecule has 2 aliphatic heterocycles. The Morgan fingerprint density at radius 2 is 2.46 bits per heavy atom. The number of ether oxygens (including phenoxy) is 1. The molecule has 0 aromatic heterocycles. The molecule has 0 saturated carbocycles. The number of hydrogen-bond acceptors (Lipinski definition) is 3. The third-order valence-corrected chi connectivity index (χ3v) is 2.53. The zero-order chi connectivity index (χ0) is 9.10. The number of unbranched alkanes of at least 4 members (excludes halogenated alkanes) is 1. The SMILES string of the molecule is CCCCC(CC1CO1)C1=C=NO1. The fourth-order valence-electron chi connectivity index (χ4n) is 1.59. The topological polar surface area (TPSA) is 34.1 Å². The fourth-order valence-corrected chi connectivity index (χ4v) is 1.59. The molecule has 2 atom stereocenters. The zero-order valence-electron chi connectivity index (χ0n) is 7.95. The predicted octanol–water partition coefficient (Wildman–Crippen LogP) is 2.08. The van der Waals surface area contributed by atoms with Gasteiger partial charge in [-0.15, -0.1) is 0 Å². The molecule has 0 bridgehead atoms. The van der Waals surface area contributed by atoms with E-state index in [4.69, 9.17) is 9.57 Å². The Balaban J connectivity index is 1.82. The molecule has 2 rings (SSSR count). The van der Waals surface area contributed by atoms with Crippen molar-refractivity contribution in [1.82, 2.24) is 0 Å². The van der Waals surface area contributed by atoms with Gasteiger partial charge in [-0.25, -0.2) is 0 Å². The maximum Gasteiger partial charge on any atom is 0.203 e. The van der Waals surface area contributed by atoms with Crippen LogP contribution in [0, 0.1) is 5.92 Å². The van der Waals surface area contributed by atoms with Crippen molar-refractivity contribution in [3.05, 3.63) is 5.76 Å². The molecule has 72 valence electrons. The van der Waals surface area contributed by atoms with Crippen LogP contribution in [0.3, 0.4) is 0 Å². The number of hydrogen-bond donors (Lipinski definition) is 0. The second kappa shape index (κ2) is 3.95. The van der Waals surface area contributed by atoms with E-state index in [9.17, 15) is 0 Å². The quantitative estimate of drug-likeness (QED) is 0.588. The van der Waals surface area contributed by atoms with Crippen LogP contribution in [0.4, 0.5) is 0 Å². The predicted molar refractivity (Wildman–Crippen MR) is 49.4 cm³/mol. The lowest BCUT2D eigenvalue weighted by Crippen LogP contribution is -2.13. The van der Waals surface area contributed by atoms with E-state index in [1.54, 1.807) is 0 Å². The zero-order valence-corrected chi connectivity index (χ0v) is 7.95. The summed E-state index contributed by atoms with van der Waals surface area (Å²) >= 11 is 0. The summed E-state index contributed by atoms with van der Waals surface area (Å²) in [5.41, 5.74) is 0. The third kappa shape index (κ3) is 2.33. The van der Waals surface area contributed by atoms with Crippen molar-refractivity contribution in [2.45, 2.75) is 38.7 Å². The monoisotopic (exact) mass is 181 g/mol. The molecule has 2 aliphatic rings. The first-order valence-electron chi connectivity index (χ1n) is 5.01. The first-order valence-corrected chi connectivity index (χ1v) is 5.01. The van der Waals surface area contributed by atoms with Crippen LogP contribution in [0.2, 0.25) is 0 Å². The summed E-state index contributed by atoms with van der Waals surface area (Å²) in [6.45, 7) is 3.13. The van der Waals surface area contributed by atoms with Crippen LogP contribution in [0.1, 0.15) is 32.6 Å². The van der Waals surface area contributed by atoms with Gasteiger partial charge in [0.25, 0.3) is 0 Å². The van der Waals surface area contributed by atoms with E-state index >= 15 is 0 Å². The molecule has 2 heterocycles. The van der Waals surface area contributed by atoms with Gasteiger partial charge in [0.05, 0.1) is 18.6 Å². The average Bonchev–Trinajstić information content (AvgIpc) is 2.80. The van der Waals surface area contributed by atoms with Crippen molar-refractivity contribution in [2.24, 2.45) is 11.1 Å². The summed E-state index contributed by atoms with van der Waals surface area (Å²) in [5, 5.41) is 3.53. The van der Waals surface area contributed by atoms with Crippen LogP contribution in [-0.2, 0) is 9.57 Å². The smallest absolute Gasteiger partial charge is 0.203 e. The van der Waals surface area contributed by atoms with Crippen molar-refractivity contribution in [3.8, 4) is 0 Å². The van der Waals surface area contributed by atoms with Crippen molar-refractivity contribution in [1.29, 1.82) is 0 Å². The standard InChI is InChI=1S/C10H15NO2/c1-2-3-4-8(5-9-7-12-9)10-6-11-13-10/h8-9H,2-5,7H2,1H3. The van der Waals surface area contributed by atoms with Crippen LogP contribution in [0.5, 0.6) is 0 Å². The summed E-state index contributed by atoms with van der Waals surface area (Å²) in [4.78, 5) is 4.99. The lowest BCUT2D eigenvalue weighted by Gasteiger charge is -2.17. The third-order valence-electron chi connectivity index (χ3n) is 2.53. The van der Waals surface area contributed by atoms with Crippen molar-refractivity contribution < 1.29 is 9.57 Å². The lowest BCUT2D eigenvalue weighted by atomic mass is 9.95. The molecule has 0 aromatic carbocycles. The van der Waals surface area contributed by atoms with Gasteiger partial charge < -0.3 is 9.57 Å². The Labute approximate surface area is 78.4 Å². The van der Waals surface area contributed by atoms with Gasteiger partial charge in [0.2, 0.25) is 5.76 Å². The van der Waals surface area contributed by atoms with Crippen molar-refractivity contribution in [2.75, 3.05) is 6.61 Å². The minimum atomic E-state index is 0.473. The van der Waals surface area contributed by atoms with Gasteiger partial charge in [-0.3, -0.25) is 0 Å². The van der Waals surface area contributed by atoms with E-state index in [2.05, 4.69) is 17.9 Å². The highest BCUT2D eigenvalue weighted by Crippen LogP contribution is 2.29. The van der Waals surface area contributed by atoms with Gasteiger partial charge in [-0.05, 0) is 18.0 Å². The van der Waals surface area contributed by atoms with E-state index in [0.717, 1.165) is 18.8 Å². The van der Waals surface area contributed by atoms with E-state index in [0.29, 0.717) is 12.0 Å². The van der Waals surface area contributed by atoms with Crippen molar-refractivity contribution in [3.63, 3.8) is 0 Å². The van der Waals surface area contributed by atoms with Crippen LogP contribution < -0.4 is 0 Å². The second-order valence-electron chi connectivity index (χ2n) is 3.69. The van der Waals surface area contributed by atoms with E-state index in [-0.39, 0.29) is 0 Å². The van der Waals surface area contributed by atoms with E-state index < -0.39 is 0 Å². The minimum Gasteiger partial charge on any atom is -0.373 e. The first-order chi connectivity index (χ1) is 6.40. The average molecular weight is 181 g/mol. The lowest BCUT2D eigenvalue weighted by molar-refractivity contribution is 0.158. The molecule has 0 spiro atoms. The highest BCUT2D eigenvalue weighted by atomic mass is 16.6. The highest BCUT2D eigenvalue weighted by molar-refractivity contribution is 5.59. The molecule has 1 fully saturated rings. The minimum absolute atomic E-state index is 0.473. The number of rotatable bonds is 6. The normalized spacial score (nSPS) is 25.9. The Morgan fingerprint density at radius 3 is 2.92 bits per heavy atom. The fraction of sp³-hybridized carbons (Fsp3) is 0.800. The maximum absolute atomic E-state index is 5.21. The van der Waals surface area contributed by atoms with Gasteiger partial charge in [0.15, 0.2) is 0 Å². The van der Waals surface area contributed by atoms with Gasteiger partial charge >= 0.3 is 0 Å². The number of epoxide rings is 1. The molecule has 3 nitrogen and oxygen atoms in total. The molecule has 3 heteroatoms. The molecule has 0 N–H and O–H groups in total. The van der Waals surface area contributed by atoms with E-state index in [1.807, 2.05) is 0 Å². The maximum atomic E-state index is 5.21. The van der Waals surface area contributed by atoms with Crippen LogP contribution in [0.15, 0.2) is 10.9 Å². The Kier molecular flexibility index (Phi) is 2.67. The molecule has 2 unspecified atom stereocenters. The summed E-state index contributed by atoms with van der Waals surface area (Å²) < 4.78 is 5.21. The molecule has 0 aliphatic carbocycles. The van der Waals surface area contributed by atoms with Crippen LogP contribution >= 0.6 is 0 Å². The number of nitrogens with zero attached hydrogens (tertiary/aromatic N) is 1. The molecule has 0 amide bonds. The van der Waals surface area contributed by atoms with Gasteiger partial charge in [0.1, 0.15) is 0 Å². The molecule has 0 radical (unpaired) electrons. The Bertz CT molecular complexity index is 239. The van der Waals surface area contributed by atoms with Gasteiger partial charge in [0, 0.05) is 5.92 Å². The summed E-state index contributed by atoms with van der Waals surface area (Å²) in [7, 11) is 0. The molecule has 1 saturated heterocycles. The first kappa shape index (κ1) is 8.79. The van der Waals surface area contributed by atoms with Gasteiger partial charge in [-0.1, -0.05) is 19.8 Å². The highest BCUT2D eigenvalue weighted by Gasteiger charge is 2.30. The second-order valence-corrected chi connectivity index (χ2v) is 3.69. The summed E-state index contributed by atoms with van der Waals surface area (Å²) in [6.07, 6.45) is 5.20. The number of allylic oxidation sites excluding steroid dienone is 1. The van der Waals surface area contributed by atoms with Crippen molar-refractivity contribution >= 4 is 5.87 Å². The molecule has 13 heavy (non-hydrogen) atoms. The molecule has 0 aromatic rings. The molecular weight excluding hydrogens is 166 g/mol. The molecular formula is C10H15NO2.